The summed E-state index contributed by atoms with van der Waals surface area (Å²) in [5, 5.41) is 0. The van der Waals surface area contributed by atoms with E-state index in [1.165, 1.54) is 4.90 Å². The molecular formula is C21H22FN3O3. The predicted octanol–water partition coefficient (Wildman–Crippen LogP) is 2.96. The number of rotatable bonds is 5. The third-order valence-electron chi connectivity index (χ3n) is 5.13. The van der Waals surface area contributed by atoms with E-state index < -0.39 is 12.3 Å². The molecule has 0 aliphatic carbocycles. The van der Waals surface area contributed by atoms with Crippen LogP contribution in [0.15, 0.2) is 48.5 Å². The Hall–Kier alpha value is -2.93. The molecule has 2 aromatic carbocycles. The van der Waals surface area contributed by atoms with Crippen molar-refractivity contribution in [2.45, 2.75) is 18.9 Å². The Morgan fingerprint density at radius 3 is 2.64 bits per heavy atom. The van der Waals surface area contributed by atoms with Crippen molar-refractivity contribution in [3.05, 3.63) is 59.9 Å². The highest BCUT2D eigenvalue weighted by atomic mass is 19.1. The number of hydrogen-bond donors (Lipinski definition) is 0. The Kier molecular flexibility index (Phi) is 5.00. The molecule has 2 unspecified atom stereocenters. The third kappa shape index (κ3) is 3.45. The summed E-state index contributed by atoms with van der Waals surface area (Å²) in [4.78, 5) is 18.7. The zero-order valence-corrected chi connectivity index (χ0v) is 15.8. The molecule has 7 heteroatoms. The number of likely N-dealkylation sites (tertiary alicyclic amines) is 1. The zero-order chi connectivity index (χ0) is 19.7. The Morgan fingerprint density at radius 2 is 1.93 bits per heavy atom. The number of alkyl halides is 1. The summed E-state index contributed by atoms with van der Waals surface area (Å²) < 4.78 is 27.3. The molecule has 1 aliphatic heterocycles. The minimum atomic E-state index is -1.23. The molecule has 2 atom stereocenters. The molecule has 0 bridgehead atoms. The van der Waals surface area contributed by atoms with E-state index >= 15 is 0 Å². The summed E-state index contributed by atoms with van der Waals surface area (Å²) in [7, 11) is 3.48. The number of methoxy groups -OCH3 is 1. The van der Waals surface area contributed by atoms with Crippen LogP contribution in [0.2, 0.25) is 0 Å². The summed E-state index contributed by atoms with van der Waals surface area (Å²) in [5.41, 5.74) is 2.38. The molecule has 0 spiro atoms. The minimum Gasteiger partial charge on any atom is -0.497 e. The average Bonchev–Trinajstić information content (AvgIpc) is 3.26. The number of benzene rings is 2. The van der Waals surface area contributed by atoms with Crippen LogP contribution in [0.4, 0.5) is 4.39 Å². The van der Waals surface area contributed by atoms with Gasteiger partial charge in [0.2, 0.25) is 0 Å². The molecule has 1 fully saturated rings. The Labute approximate surface area is 162 Å². The lowest BCUT2D eigenvalue weighted by Crippen LogP contribution is -2.30. The summed E-state index contributed by atoms with van der Waals surface area (Å²) in [6.45, 7) is 0.439. The first-order valence-corrected chi connectivity index (χ1v) is 9.16. The Balaban J connectivity index is 1.40. The van der Waals surface area contributed by atoms with Gasteiger partial charge < -0.3 is 18.9 Å². The Bertz CT molecular complexity index is 986. The van der Waals surface area contributed by atoms with Crippen LogP contribution >= 0.6 is 0 Å². The lowest BCUT2D eigenvalue weighted by Gasteiger charge is -2.16. The normalized spacial score (nSPS) is 19.3. The van der Waals surface area contributed by atoms with E-state index in [-0.39, 0.29) is 25.6 Å². The van der Waals surface area contributed by atoms with Gasteiger partial charge in [-0.25, -0.2) is 9.37 Å². The van der Waals surface area contributed by atoms with E-state index in [1.807, 2.05) is 35.9 Å². The van der Waals surface area contributed by atoms with E-state index in [1.54, 1.807) is 31.4 Å². The summed E-state index contributed by atoms with van der Waals surface area (Å²) >= 11 is 0. The second kappa shape index (κ2) is 7.59. The standard InChI is InChI=1S/C21H22FN3O3/c1-24-18-6-4-3-5-17(18)23-20(24)13-28-19-12-25(11-16(19)22)21(26)14-7-9-15(27-2)10-8-14/h3-10,16,19H,11-13H2,1-2H3. The quantitative estimate of drug-likeness (QED) is 0.680. The fourth-order valence-electron chi connectivity index (χ4n) is 3.48. The van der Waals surface area contributed by atoms with Crippen LogP contribution in [0, 0.1) is 0 Å². The van der Waals surface area contributed by atoms with E-state index in [0.717, 1.165) is 16.9 Å². The van der Waals surface area contributed by atoms with Gasteiger partial charge in [-0.3, -0.25) is 4.79 Å². The summed E-state index contributed by atoms with van der Waals surface area (Å²) in [6.07, 6.45) is -1.89. The van der Waals surface area contributed by atoms with Gasteiger partial charge >= 0.3 is 0 Å². The molecule has 28 heavy (non-hydrogen) atoms. The molecule has 1 aliphatic rings. The van der Waals surface area contributed by atoms with Gasteiger partial charge in [0.1, 0.15) is 30.5 Å². The number of nitrogens with zero attached hydrogens (tertiary/aromatic N) is 3. The number of fused-ring (bicyclic) bond motifs is 1. The van der Waals surface area contributed by atoms with Gasteiger partial charge in [0, 0.05) is 12.6 Å². The minimum absolute atomic E-state index is 0.0259. The lowest BCUT2D eigenvalue weighted by atomic mass is 10.2. The number of aryl methyl sites for hydroxylation is 1. The summed E-state index contributed by atoms with van der Waals surface area (Å²) in [6, 6.07) is 14.6. The van der Waals surface area contributed by atoms with Crippen LogP contribution in [0.25, 0.3) is 11.0 Å². The van der Waals surface area contributed by atoms with E-state index in [2.05, 4.69) is 4.98 Å². The van der Waals surface area contributed by atoms with Crippen molar-refractivity contribution in [2.24, 2.45) is 7.05 Å². The molecule has 0 radical (unpaired) electrons. The highest BCUT2D eigenvalue weighted by Crippen LogP contribution is 2.22. The first-order chi connectivity index (χ1) is 13.6. The smallest absolute Gasteiger partial charge is 0.254 e. The second-order valence-corrected chi connectivity index (χ2v) is 6.88. The molecule has 3 aromatic rings. The molecule has 4 rings (SSSR count). The van der Waals surface area contributed by atoms with Crippen molar-refractivity contribution >= 4 is 16.9 Å². The number of ether oxygens (including phenoxy) is 2. The second-order valence-electron chi connectivity index (χ2n) is 6.88. The van der Waals surface area contributed by atoms with Crippen molar-refractivity contribution < 1.29 is 18.7 Å². The van der Waals surface area contributed by atoms with Crippen LogP contribution in [-0.2, 0) is 18.4 Å². The van der Waals surface area contributed by atoms with Gasteiger partial charge in [-0.1, -0.05) is 12.1 Å². The first kappa shape index (κ1) is 18.4. The van der Waals surface area contributed by atoms with Crippen molar-refractivity contribution in [3.8, 4) is 5.75 Å². The molecule has 146 valence electrons. The largest absolute Gasteiger partial charge is 0.497 e. The highest BCUT2D eigenvalue weighted by molar-refractivity contribution is 5.94. The molecule has 1 amide bonds. The number of hydrogen-bond acceptors (Lipinski definition) is 4. The van der Waals surface area contributed by atoms with E-state index in [4.69, 9.17) is 9.47 Å². The van der Waals surface area contributed by atoms with Crippen LogP contribution in [0.3, 0.4) is 0 Å². The van der Waals surface area contributed by atoms with E-state index in [0.29, 0.717) is 11.3 Å². The van der Waals surface area contributed by atoms with Gasteiger partial charge in [0.15, 0.2) is 0 Å². The van der Waals surface area contributed by atoms with Gasteiger partial charge in [-0.05, 0) is 36.4 Å². The van der Waals surface area contributed by atoms with Gasteiger partial charge in [0.25, 0.3) is 5.91 Å². The van der Waals surface area contributed by atoms with Crippen molar-refractivity contribution in [1.29, 1.82) is 0 Å². The fraction of sp³-hybridized carbons (Fsp3) is 0.333. The maximum Gasteiger partial charge on any atom is 0.254 e. The highest BCUT2D eigenvalue weighted by Gasteiger charge is 2.36. The molecule has 2 heterocycles. The number of imidazole rings is 1. The number of para-hydroxylation sites is 2. The number of amides is 1. The van der Waals surface area contributed by atoms with Crippen LogP contribution in [-0.4, -0.2) is 52.8 Å². The number of carbonyl (C=O) groups excluding carboxylic acids is 1. The van der Waals surface area contributed by atoms with Crippen molar-refractivity contribution in [1.82, 2.24) is 14.5 Å². The van der Waals surface area contributed by atoms with E-state index in [9.17, 15) is 9.18 Å². The zero-order valence-electron chi connectivity index (χ0n) is 15.8. The SMILES string of the molecule is COc1ccc(C(=O)N2CC(F)C(OCc3nc4ccccc4n3C)C2)cc1. The maximum absolute atomic E-state index is 14.5. The monoisotopic (exact) mass is 383 g/mol. The van der Waals surface area contributed by atoms with Crippen LogP contribution in [0.5, 0.6) is 5.75 Å². The molecule has 1 aromatic heterocycles. The van der Waals surface area contributed by atoms with Crippen molar-refractivity contribution in [2.75, 3.05) is 20.2 Å². The van der Waals surface area contributed by atoms with Crippen LogP contribution < -0.4 is 4.74 Å². The van der Waals surface area contributed by atoms with Crippen molar-refractivity contribution in [3.63, 3.8) is 0 Å². The topological polar surface area (TPSA) is 56.6 Å². The first-order valence-electron chi connectivity index (χ1n) is 9.16. The maximum atomic E-state index is 14.5. The molecule has 0 N–H and O–H groups in total. The molecule has 6 nitrogen and oxygen atoms in total. The lowest BCUT2D eigenvalue weighted by molar-refractivity contribution is 0.00774. The molecular weight excluding hydrogens is 361 g/mol. The predicted molar refractivity (Wildman–Crippen MR) is 103 cm³/mol. The van der Waals surface area contributed by atoms with Gasteiger partial charge in [-0.2, -0.15) is 0 Å². The van der Waals surface area contributed by atoms with Crippen LogP contribution in [0.1, 0.15) is 16.2 Å². The molecule has 1 saturated heterocycles. The summed E-state index contributed by atoms with van der Waals surface area (Å²) in [5.74, 6) is 1.19. The molecule has 0 saturated carbocycles. The van der Waals surface area contributed by atoms with Gasteiger partial charge in [0.05, 0.1) is 31.2 Å². The Morgan fingerprint density at radius 1 is 1.18 bits per heavy atom. The number of aromatic nitrogens is 2. The number of carbonyl (C=O) groups is 1. The third-order valence-corrected chi connectivity index (χ3v) is 5.13. The van der Waals surface area contributed by atoms with Gasteiger partial charge in [-0.15, -0.1) is 0 Å². The number of halogens is 1. The average molecular weight is 383 g/mol. The fourth-order valence-corrected chi connectivity index (χ4v) is 3.48.